The van der Waals surface area contributed by atoms with Crippen molar-refractivity contribution in [3.8, 4) is 0 Å². The monoisotopic (exact) mass is 516 g/mol. The maximum Gasteiger partial charge on any atom is 0.261 e. The van der Waals surface area contributed by atoms with Crippen LogP contribution in [0.5, 0.6) is 0 Å². The van der Waals surface area contributed by atoms with E-state index < -0.39 is 15.9 Å². The van der Waals surface area contributed by atoms with Crippen LogP contribution in [0.4, 0.5) is 11.4 Å². The molecular weight excluding hydrogens is 500 g/mol. The quantitative estimate of drug-likeness (QED) is 0.335. The van der Waals surface area contributed by atoms with E-state index in [0.29, 0.717) is 21.8 Å². The molecule has 7 nitrogen and oxygen atoms in total. The molecule has 0 fully saturated rings. The summed E-state index contributed by atoms with van der Waals surface area (Å²) in [5, 5.41) is 3.11. The number of carbonyl (C=O) groups excluding carboxylic acids is 3. The van der Waals surface area contributed by atoms with E-state index in [1.165, 1.54) is 54.6 Å². The van der Waals surface area contributed by atoms with Gasteiger partial charge in [-0.25, -0.2) is 8.42 Å². The Balaban J connectivity index is 1.37. The van der Waals surface area contributed by atoms with Gasteiger partial charge in [-0.2, -0.15) is 0 Å². The van der Waals surface area contributed by atoms with Gasteiger partial charge in [-0.05, 0) is 60.7 Å². The zero-order valence-corrected chi connectivity index (χ0v) is 20.1. The second-order valence-corrected chi connectivity index (χ2v) is 10.2. The van der Waals surface area contributed by atoms with Crippen molar-refractivity contribution in [1.82, 2.24) is 0 Å². The summed E-state index contributed by atoms with van der Waals surface area (Å²) in [5.41, 5.74) is 1.86. The minimum atomic E-state index is -3.89. The van der Waals surface area contributed by atoms with Crippen molar-refractivity contribution in [2.24, 2.45) is 0 Å². The lowest BCUT2D eigenvalue weighted by atomic mass is 9.84. The number of amides is 1. The van der Waals surface area contributed by atoms with Gasteiger partial charge in [0.15, 0.2) is 11.6 Å². The molecule has 5 rings (SSSR count). The Labute approximate surface area is 211 Å². The number of anilines is 2. The summed E-state index contributed by atoms with van der Waals surface area (Å²) < 4.78 is 27.7. The van der Waals surface area contributed by atoms with Crippen LogP contribution in [0, 0.1) is 0 Å². The molecule has 0 aromatic heterocycles. The van der Waals surface area contributed by atoms with Gasteiger partial charge in [0.2, 0.25) is 0 Å². The first kappa shape index (κ1) is 23.5. The van der Waals surface area contributed by atoms with E-state index in [2.05, 4.69) is 10.0 Å². The summed E-state index contributed by atoms with van der Waals surface area (Å²) in [6.45, 7) is 0. The van der Waals surface area contributed by atoms with Gasteiger partial charge >= 0.3 is 0 Å². The topological polar surface area (TPSA) is 109 Å². The Morgan fingerprint density at radius 3 is 2.00 bits per heavy atom. The number of rotatable bonds is 5. The van der Waals surface area contributed by atoms with Crippen LogP contribution in [0.25, 0.3) is 0 Å². The second-order valence-electron chi connectivity index (χ2n) is 8.06. The van der Waals surface area contributed by atoms with Crippen molar-refractivity contribution in [3.05, 3.63) is 124 Å². The number of halogens is 1. The standard InChI is InChI=1S/C27H17ClN2O5S/c28-17-8-11-20(12-9-17)36(34,35)30-19-5-3-4-16(14-19)27(33)29-18-10-13-23-24(15-18)26(32)22-7-2-1-6-21(22)25(23)31/h1-15,30H,(H,29,33). The Bertz CT molecular complexity index is 1660. The van der Waals surface area contributed by atoms with Crippen LogP contribution in [0.1, 0.15) is 42.2 Å². The van der Waals surface area contributed by atoms with Gasteiger partial charge in [0.1, 0.15) is 0 Å². The fourth-order valence-corrected chi connectivity index (χ4v) is 5.11. The Morgan fingerprint density at radius 2 is 1.31 bits per heavy atom. The number of hydrogen-bond donors (Lipinski definition) is 2. The summed E-state index contributed by atoms with van der Waals surface area (Å²) in [5.74, 6) is -1.06. The van der Waals surface area contributed by atoms with Crippen LogP contribution < -0.4 is 10.0 Å². The van der Waals surface area contributed by atoms with E-state index in [0.717, 1.165) is 0 Å². The molecule has 0 unspecified atom stereocenters. The van der Waals surface area contributed by atoms with Gasteiger partial charge in [0, 0.05) is 44.2 Å². The molecule has 1 aliphatic rings. The highest BCUT2D eigenvalue weighted by Gasteiger charge is 2.29. The molecule has 0 radical (unpaired) electrons. The van der Waals surface area contributed by atoms with Crippen LogP contribution in [0.2, 0.25) is 5.02 Å². The SMILES string of the molecule is O=C(Nc1ccc2c(c1)C(=O)c1ccccc1C2=O)c1cccc(NS(=O)(=O)c2ccc(Cl)cc2)c1. The van der Waals surface area contributed by atoms with E-state index in [9.17, 15) is 22.8 Å². The molecule has 4 aromatic carbocycles. The molecule has 9 heteroatoms. The summed E-state index contributed by atoms with van der Waals surface area (Å²) in [4.78, 5) is 38.6. The summed E-state index contributed by atoms with van der Waals surface area (Å²) >= 11 is 5.83. The fourth-order valence-electron chi connectivity index (χ4n) is 3.93. The number of hydrogen-bond acceptors (Lipinski definition) is 5. The van der Waals surface area contributed by atoms with Crippen LogP contribution >= 0.6 is 11.6 Å². The average Bonchev–Trinajstić information content (AvgIpc) is 2.87. The highest BCUT2D eigenvalue weighted by atomic mass is 35.5. The Hall–Kier alpha value is -4.27. The molecule has 0 heterocycles. The molecule has 178 valence electrons. The zero-order chi connectivity index (χ0) is 25.4. The molecule has 0 bridgehead atoms. The van der Waals surface area contributed by atoms with Gasteiger partial charge in [0.05, 0.1) is 4.90 Å². The molecule has 2 N–H and O–H groups in total. The molecule has 1 aliphatic carbocycles. The van der Waals surface area contributed by atoms with Crippen molar-refractivity contribution >= 4 is 50.5 Å². The molecule has 36 heavy (non-hydrogen) atoms. The maximum atomic E-state index is 12.9. The molecule has 0 spiro atoms. The van der Waals surface area contributed by atoms with E-state index in [-0.39, 0.29) is 38.8 Å². The molecule has 4 aromatic rings. The van der Waals surface area contributed by atoms with Crippen molar-refractivity contribution in [2.75, 3.05) is 10.0 Å². The third kappa shape index (κ3) is 4.39. The van der Waals surface area contributed by atoms with Crippen molar-refractivity contribution in [3.63, 3.8) is 0 Å². The van der Waals surface area contributed by atoms with Crippen LogP contribution in [0.15, 0.2) is 95.9 Å². The molecule has 0 aliphatic heterocycles. The molecule has 0 atom stereocenters. The third-order valence-corrected chi connectivity index (χ3v) is 7.33. The van der Waals surface area contributed by atoms with Gasteiger partial charge < -0.3 is 5.32 Å². The number of nitrogens with one attached hydrogen (secondary N) is 2. The predicted molar refractivity (Wildman–Crippen MR) is 136 cm³/mol. The minimum absolute atomic E-state index is 0.0246. The van der Waals surface area contributed by atoms with E-state index >= 15 is 0 Å². The van der Waals surface area contributed by atoms with Crippen molar-refractivity contribution < 1.29 is 22.8 Å². The lowest BCUT2D eigenvalue weighted by Crippen LogP contribution is -2.21. The van der Waals surface area contributed by atoms with E-state index in [4.69, 9.17) is 11.6 Å². The minimum Gasteiger partial charge on any atom is -0.322 e. The zero-order valence-electron chi connectivity index (χ0n) is 18.5. The number of fused-ring (bicyclic) bond motifs is 2. The second kappa shape index (κ2) is 9.07. The molecular formula is C27H17ClN2O5S. The molecule has 0 saturated carbocycles. The van der Waals surface area contributed by atoms with Crippen LogP contribution in [0.3, 0.4) is 0 Å². The number of benzene rings is 4. The predicted octanol–water partition coefficient (Wildman–Crippen LogP) is 5.17. The Morgan fingerprint density at radius 1 is 0.667 bits per heavy atom. The lowest BCUT2D eigenvalue weighted by molar-refractivity contribution is 0.0979. The van der Waals surface area contributed by atoms with Gasteiger partial charge in [0.25, 0.3) is 15.9 Å². The average molecular weight is 517 g/mol. The highest BCUT2D eigenvalue weighted by molar-refractivity contribution is 7.92. The number of sulfonamides is 1. The molecule has 1 amide bonds. The first-order chi connectivity index (χ1) is 17.2. The highest BCUT2D eigenvalue weighted by Crippen LogP contribution is 2.29. The Kier molecular flexibility index (Phi) is 5.91. The van der Waals surface area contributed by atoms with Gasteiger partial charge in [-0.15, -0.1) is 0 Å². The van der Waals surface area contributed by atoms with Crippen molar-refractivity contribution in [2.45, 2.75) is 4.90 Å². The van der Waals surface area contributed by atoms with Crippen LogP contribution in [-0.2, 0) is 10.0 Å². The number of ketones is 2. The summed E-state index contributed by atoms with van der Waals surface area (Å²) in [7, 11) is -3.89. The normalized spacial score (nSPS) is 12.5. The maximum absolute atomic E-state index is 12.9. The van der Waals surface area contributed by atoms with Gasteiger partial charge in [-0.3, -0.25) is 19.1 Å². The molecule has 0 saturated heterocycles. The van der Waals surface area contributed by atoms with Crippen molar-refractivity contribution in [1.29, 1.82) is 0 Å². The van der Waals surface area contributed by atoms with Gasteiger partial charge in [-0.1, -0.05) is 41.9 Å². The smallest absolute Gasteiger partial charge is 0.261 e. The summed E-state index contributed by atoms with van der Waals surface area (Å²) in [6.07, 6.45) is 0. The summed E-state index contributed by atoms with van der Waals surface area (Å²) in [6, 6.07) is 22.8. The largest absolute Gasteiger partial charge is 0.322 e. The number of carbonyl (C=O) groups is 3. The fraction of sp³-hybridized carbons (Fsp3) is 0. The third-order valence-electron chi connectivity index (χ3n) is 5.68. The van der Waals surface area contributed by atoms with E-state index in [1.54, 1.807) is 36.4 Å². The van der Waals surface area contributed by atoms with E-state index in [1.807, 2.05) is 0 Å². The lowest BCUT2D eigenvalue weighted by Gasteiger charge is -2.18. The first-order valence-corrected chi connectivity index (χ1v) is 12.6. The first-order valence-electron chi connectivity index (χ1n) is 10.8. The van der Waals surface area contributed by atoms with Crippen LogP contribution in [-0.4, -0.2) is 25.9 Å².